The van der Waals surface area contributed by atoms with E-state index in [4.69, 9.17) is 10.8 Å². The number of halogens is 1. The Hall–Kier alpha value is -4.38. The number of piperazine rings is 1. The molecule has 10 nitrogen and oxygen atoms in total. The van der Waals surface area contributed by atoms with Gasteiger partial charge in [-0.2, -0.15) is 5.10 Å². The summed E-state index contributed by atoms with van der Waals surface area (Å²) in [5.74, 6) is 0.978. The summed E-state index contributed by atoms with van der Waals surface area (Å²) in [5.41, 5.74) is 11.2. The number of benzene rings is 2. The van der Waals surface area contributed by atoms with E-state index in [0.717, 1.165) is 77.7 Å². The molecule has 3 aromatic heterocycles. The first kappa shape index (κ1) is 24.6. The largest absolute Gasteiger partial charge is 0.383 e. The highest BCUT2D eigenvalue weighted by Gasteiger charge is 2.32. The van der Waals surface area contributed by atoms with E-state index in [-0.39, 0.29) is 17.8 Å². The Bertz CT molecular complexity index is 1720. The molecule has 7 rings (SSSR count). The lowest BCUT2D eigenvalue weighted by molar-refractivity contribution is -0.135. The van der Waals surface area contributed by atoms with Crippen LogP contribution < -0.4 is 5.73 Å². The zero-order chi connectivity index (χ0) is 27.4. The van der Waals surface area contributed by atoms with Gasteiger partial charge in [0.1, 0.15) is 29.5 Å². The molecule has 0 radical (unpaired) electrons. The number of nitrogens with zero attached hydrogens (tertiary/aromatic N) is 7. The molecule has 1 aliphatic carbocycles. The Morgan fingerprint density at radius 2 is 1.73 bits per heavy atom. The predicted octanol–water partition coefficient (Wildman–Crippen LogP) is 4.02. The fourth-order valence-corrected chi connectivity index (χ4v) is 6.11. The number of nitrogens with one attached hydrogen (secondary N) is 1. The Morgan fingerprint density at radius 1 is 0.975 bits per heavy atom. The summed E-state index contributed by atoms with van der Waals surface area (Å²) in [7, 11) is 1.87. The quantitative estimate of drug-likeness (QED) is 0.354. The lowest BCUT2D eigenvalue weighted by Gasteiger charge is -2.40. The molecule has 2 fully saturated rings. The number of nitrogen functional groups attached to an aromatic ring is 1. The Balaban J connectivity index is 1.19. The molecule has 1 saturated heterocycles. The van der Waals surface area contributed by atoms with Crippen molar-refractivity contribution in [1.82, 2.24) is 39.5 Å². The first-order valence-electron chi connectivity index (χ1n) is 13.7. The molecular weight excluding hydrogens is 509 g/mol. The van der Waals surface area contributed by atoms with Crippen molar-refractivity contribution in [2.24, 2.45) is 0 Å². The summed E-state index contributed by atoms with van der Waals surface area (Å²) in [4.78, 5) is 33.3. The zero-order valence-corrected chi connectivity index (χ0v) is 22.2. The van der Waals surface area contributed by atoms with Crippen LogP contribution in [0.15, 0.2) is 48.8 Å². The maximum absolute atomic E-state index is 13.4. The van der Waals surface area contributed by atoms with Gasteiger partial charge in [-0.15, -0.1) is 0 Å². The number of likely N-dealkylation sites (N-methyl/N-ethyl adjacent to an activating group) is 1. The predicted molar refractivity (Wildman–Crippen MR) is 151 cm³/mol. The summed E-state index contributed by atoms with van der Waals surface area (Å²) in [5, 5.41) is 5.81. The molecule has 204 valence electrons. The van der Waals surface area contributed by atoms with E-state index >= 15 is 0 Å². The fraction of sp³-hybridized carbons (Fsp3) is 0.345. The molecule has 2 aromatic carbocycles. The minimum Gasteiger partial charge on any atom is -0.383 e. The van der Waals surface area contributed by atoms with Crippen molar-refractivity contribution in [3.8, 4) is 22.6 Å². The number of amides is 1. The number of carbonyl (C=O) groups excluding carboxylic acids is 1. The first-order valence-corrected chi connectivity index (χ1v) is 13.7. The third kappa shape index (κ3) is 4.26. The summed E-state index contributed by atoms with van der Waals surface area (Å²) < 4.78 is 15.4. The van der Waals surface area contributed by atoms with E-state index in [1.165, 1.54) is 18.5 Å². The van der Waals surface area contributed by atoms with Crippen molar-refractivity contribution >= 4 is 33.8 Å². The molecule has 4 heterocycles. The Labute approximate surface area is 230 Å². The molecule has 11 heteroatoms. The molecular formula is C29H30FN9O. The van der Waals surface area contributed by atoms with Crippen LogP contribution in [-0.4, -0.2) is 78.1 Å². The number of aromatic nitrogens is 6. The molecule has 2 aliphatic rings. The highest BCUT2D eigenvalue weighted by molar-refractivity contribution is 5.99. The molecule has 1 aliphatic heterocycles. The molecule has 0 bridgehead atoms. The SMILES string of the molecule is CN1CCN([C@H]2CC[C@@H](n3nc(-c4ccc5nc(-c6ccc(F)cc6)[nH]c5c4)c4c(N)ncnc43)CC2)CC1=O. The van der Waals surface area contributed by atoms with E-state index in [2.05, 4.69) is 24.8 Å². The molecule has 1 saturated carbocycles. The van der Waals surface area contributed by atoms with Gasteiger partial charge in [0.2, 0.25) is 5.91 Å². The second-order valence-electron chi connectivity index (χ2n) is 10.8. The van der Waals surface area contributed by atoms with E-state index in [1.807, 2.05) is 34.8 Å². The van der Waals surface area contributed by atoms with E-state index in [9.17, 15) is 9.18 Å². The third-order valence-corrected chi connectivity index (χ3v) is 8.41. The number of aromatic amines is 1. The van der Waals surface area contributed by atoms with Crippen molar-refractivity contribution < 1.29 is 9.18 Å². The van der Waals surface area contributed by atoms with Crippen molar-refractivity contribution in [2.45, 2.75) is 37.8 Å². The van der Waals surface area contributed by atoms with E-state index < -0.39 is 0 Å². The van der Waals surface area contributed by atoms with Crippen molar-refractivity contribution in [1.29, 1.82) is 0 Å². The lowest BCUT2D eigenvalue weighted by Crippen LogP contribution is -2.52. The smallest absolute Gasteiger partial charge is 0.236 e. The molecule has 0 spiro atoms. The van der Waals surface area contributed by atoms with Crippen LogP contribution in [0, 0.1) is 5.82 Å². The molecule has 5 aromatic rings. The minimum atomic E-state index is -0.285. The van der Waals surface area contributed by atoms with Gasteiger partial charge in [-0.1, -0.05) is 6.07 Å². The number of hydrogen-bond donors (Lipinski definition) is 2. The molecule has 1 amide bonds. The monoisotopic (exact) mass is 539 g/mol. The maximum atomic E-state index is 13.4. The number of carbonyl (C=O) groups is 1. The van der Waals surface area contributed by atoms with Crippen LogP contribution in [0.1, 0.15) is 31.7 Å². The van der Waals surface area contributed by atoms with Crippen LogP contribution in [0.25, 0.3) is 44.7 Å². The summed E-state index contributed by atoms with van der Waals surface area (Å²) >= 11 is 0. The van der Waals surface area contributed by atoms with Crippen LogP contribution in [0.2, 0.25) is 0 Å². The first-order chi connectivity index (χ1) is 19.4. The number of nitrogens with two attached hydrogens (primary N) is 1. The summed E-state index contributed by atoms with van der Waals surface area (Å²) in [6.07, 6.45) is 5.41. The maximum Gasteiger partial charge on any atom is 0.236 e. The van der Waals surface area contributed by atoms with Crippen LogP contribution >= 0.6 is 0 Å². The number of hydrogen-bond acceptors (Lipinski definition) is 7. The van der Waals surface area contributed by atoms with Gasteiger partial charge in [-0.3, -0.25) is 9.69 Å². The minimum absolute atomic E-state index is 0.186. The highest BCUT2D eigenvalue weighted by Crippen LogP contribution is 2.37. The number of rotatable bonds is 4. The van der Waals surface area contributed by atoms with Gasteiger partial charge in [0.25, 0.3) is 0 Å². The van der Waals surface area contributed by atoms with E-state index in [1.54, 1.807) is 12.1 Å². The van der Waals surface area contributed by atoms with Crippen molar-refractivity contribution in [2.75, 3.05) is 32.4 Å². The van der Waals surface area contributed by atoms with Crippen molar-refractivity contribution in [3.63, 3.8) is 0 Å². The van der Waals surface area contributed by atoms with Gasteiger partial charge >= 0.3 is 0 Å². The van der Waals surface area contributed by atoms with Crippen LogP contribution in [0.3, 0.4) is 0 Å². The average molecular weight is 540 g/mol. The van der Waals surface area contributed by atoms with E-state index in [0.29, 0.717) is 24.2 Å². The van der Waals surface area contributed by atoms with Gasteiger partial charge in [0, 0.05) is 37.3 Å². The van der Waals surface area contributed by atoms with Gasteiger partial charge in [0.15, 0.2) is 5.65 Å². The second-order valence-corrected chi connectivity index (χ2v) is 10.8. The third-order valence-electron chi connectivity index (χ3n) is 8.41. The average Bonchev–Trinajstić information content (AvgIpc) is 3.57. The van der Waals surface area contributed by atoms with Gasteiger partial charge < -0.3 is 15.6 Å². The Kier molecular flexibility index (Phi) is 5.96. The van der Waals surface area contributed by atoms with Gasteiger partial charge in [0.05, 0.1) is 29.0 Å². The number of imidazole rings is 1. The molecule has 0 atom stereocenters. The number of H-pyrrole nitrogens is 1. The van der Waals surface area contributed by atoms with Gasteiger partial charge in [-0.25, -0.2) is 24.0 Å². The summed E-state index contributed by atoms with van der Waals surface area (Å²) in [6, 6.07) is 12.8. The van der Waals surface area contributed by atoms with Gasteiger partial charge in [-0.05, 0) is 62.1 Å². The highest BCUT2D eigenvalue weighted by atomic mass is 19.1. The molecule has 3 N–H and O–H groups in total. The molecule has 40 heavy (non-hydrogen) atoms. The van der Waals surface area contributed by atoms with Crippen LogP contribution in [0.5, 0.6) is 0 Å². The zero-order valence-electron chi connectivity index (χ0n) is 22.2. The standard InChI is InChI=1S/C29H30FN9O/c1-37-12-13-38(15-24(37)40)20-7-9-21(10-8-20)39-29-25(27(31)32-16-33-29)26(36-39)18-4-11-22-23(14-18)35-28(34-22)17-2-5-19(30)6-3-17/h2-6,11,14,16,20-21H,7-10,12-13,15H2,1H3,(H,34,35)(H2,31,32,33)/t20-,21+. The number of fused-ring (bicyclic) bond motifs is 2. The topological polar surface area (TPSA) is 122 Å². The van der Waals surface area contributed by atoms with Crippen LogP contribution in [-0.2, 0) is 4.79 Å². The Morgan fingerprint density at radius 3 is 2.50 bits per heavy atom. The van der Waals surface area contributed by atoms with Crippen LogP contribution in [0.4, 0.5) is 10.2 Å². The fourth-order valence-electron chi connectivity index (χ4n) is 6.11. The molecule has 0 unspecified atom stereocenters. The second kappa shape index (κ2) is 9.67. The normalized spacial score (nSPS) is 20.6. The summed E-state index contributed by atoms with van der Waals surface area (Å²) in [6.45, 7) is 2.21. The number of anilines is 1. The lowest BCUT2D eigenvalue weighted by atomic mass is 9.90. The van der Waals surface area contributed by atoms with Crippen molar-refractivity contribution in [3.05, 3.63) is 54.6 Å².